The lowest BCUT2D eigenvalue weighted by Crippen LogP contribution is -2.41. The molecule has 2 N–H and O–H groups in total. The highest BCUT2D eigenvalue weighted by Crippen LogP contribution is 2.21. The van der Waals surface area contributed by atoms with Gasteiger partial charge in [0.1, 0.15) is 0 Å². The van der Waals surface area contributed by atoms with Crippen LogP contribution < -0.4 is 0 Å². The summed E-state index contributed by atoms with van der Waals surface area (Å²) in [7, 11) is 4.18. The minimum absolute atomic E-state index is 0.268. The van der Waals surface area contributed by atoms with Crippen LogP contribution in [0, 0.1) is 0 Å². The molecule has 0 saturated carbocycles. The summed E-state index contributed by atoms with van der Waals surface area (Å²) < 4.78 is 0. The molecule has 230 valence electrons. The Kier molecular flexibility index (Phi) is 25.5. The van der Waals surface area contributed by atoms with Crippen LogP contribution in [0.15, 0.2) is 0 Å². The molecule has 0 unspecified atom stereocenters. The molecule has 0 fully saturated rings. The summed E-state index contributed by atoms with van der Waals surface area (Å²) in [5.41, 5.74) is 0. The van der Waals surface area contributed by atoms with Crippen molar-refractivity contribution < 1.29 is 24.6 Å². The molecule has 0 aliphatic rings. The van der Waals surface area contributed by atoms with Crippen LogP contribution in [0.5, 0.6) is 0 Å². The first kappa shape index (κ1) is 37.4. The smallest absolute Gasteiger partial charge is 0.303 e. The third kappa shape index (κ3) is 25.1. The fraction of sp³-hybridized carbons (Fsp3) is 0.906. The lowest BCUT2D eigenvalue weighted by Gasteiger charge is -2.33. The highest BCUT2D eigenvalue weighted by atomic mass is 16.4. The zero-order valence-corrected chi connectivity index (χ0v) is 25.8. The Morgan fingerprint density at radius 2 is 0.949 bits per heavy atom. The normalized spacial score (nSPS) is 11.4. The topological polar surface area (TPSA) is 98.2 Å². The van der Waals surface area contributed by atoms with Crippen molar-refractivity contribution in [3.05, 3.63) is 0 Å². The zero-order valence-electron chi connectivity index (χ0n) is 25.8. The predicted molar refractivity (Wildman–Crippen MR) is 161 cm³/mol. The van der Waals surface area contributed by atoms with Gasteiger partial charge in [0.05, 0.1) is 0 Å². The van der Waals surface area contributed by atoms with E-state index < -0.39 is 11.9 Å². The Morgan fingerprint density at radius 1 is 0.538 bits per heavy atom. The first-order valence-electron chi connectivity index (χ1n) is 16.2. The molecule has 0 saturated heterocycles. The van der Waals surface area contributed by atoms with Gasteiger partial charge in [0.2, 0.25) is 5.91 Å². The van der Waals surface area contributed by atoms with E-state index in [2.05, 4.69) is 30.8 Å². The number of carboxylic acid groups (broad SMARTS) is 2. The average Bonchev–Trinajstić information content (AvgIpc) is 2.88. The molecule has 0 spiro atoms. The van der Waals surface area contributed by atoms with Crippen molar-refractivity contribution >= 4 is 17.8 Å². The molecule has 1 amide bonds. The predicted octanol–water partition coefficient (Wildman–Crippen LogP) is 7.91. The Labute approximate surface area is 240 Å². The zero-order chi connectivity index (χ0) is 29.1. The number of amides is 1. The summed E-state index contributed by atoms with van der Waals surface area (Å²) in [5.74, 6) is -1.08. The molecule has 0 aromatic heterocycles. The number of carbonyl (C=O) groups is 3. The Hall–Kier alpha value is -1.63. The van der Waals surface area contributed by atoms with Crippen molar-refractivity contribution in [3.8, 4) is 0 Å². The van der Waals surface area contributed by atoms with Crippen LogP contribution in [-0.2, 0) is 14.4 Å². The molecule has 0 rings (SSSR count). The van der Waals surface area contributed by atoms with Gasteiger partial charge in [0.15, 0.2) is 0 Å². The fourth-order valence-electron chi connectivity index (χ4n) is 5.27. The molecule has 0 aromatic carbocycles. The molecule has 0 aliphatic heterocycles. The lowest BCUT2D eigenvalue weighted by molar-refractivity contribution is -0.138. The van der Waals surface area contributed by atoms with Crippen LogP contribution in [0.3, 0.4) is 0 Å². The van der Waals surface area contributed by atoms with Gasteiger partial charge >= 0.3 is 11.9 Å². The van der Waals surface area contributed by atoms with Crippen molar-refractivity contribution in [3.63, 3.8) is 0 Å². The number of unbranched alkanes of at least 4 members (excludes halogenated alkanes) is 14. The molecule has 7 nitrogen and oxygen atoms in total. The Bertz CT molecular complexity index is 581. The van der Waals surface area contributed by atoms with E-state index in [4.69, 9.17) is 10.2 Å². The molecule has 7 heteroatoms. The number of hydrogen-bond donors (Lipinski definition) is 2. The molecule has 0 aromatic rings. The van der Waals surface area contributed by atoms with E-state index in [9.17, 15) is 14.4 Å². The number of aliphatic carboxylic acids is 2. The van der Waals surface area contributed by atoms with Gasteiger partial charge in [0, 0.05) is 31.8 Å². The molecule has 39 heavy (non-hydrogen) atoms. The largest absolute Gasteiger partial charge is 0.481 e. The molecule has 0 bridgehead atoms. The number of rotatable bonds is 29. The second kappa shape index (κ2) is 26.6. The second-order valence-corrected chi connectivity index (χ2v) is 11.7. The van der Waals surface area contributed by atoms with Gasteiger partial charge in [-0.3, -0.25) is 14.4 Å². The number of hydrogen-bond acceptors (Lipinski definition) is 4. The van der Waals surface area contributed by atoms with E-state index in [-0.39, 0.29) is 12.8 Å². The van der Waals surface area contributed by atoms with Gasteiger partial charge in [-0.15, -0.1) is 0 Å². The van der Waals surface area contributed by atoms with Gasteiger partial charge in [-0.25, -0.2) is 0 Å². The summed E-state index contributed by atoms with van der Waals surface area (Å²) in [5, 5.41) is 17.6. The molecule has 0 radical (unpaired) electrons. The third-order valence-corrected chi connectivity index (χ3v) is 7.62. The number of carbonyl (C=O) groups excluding carboxylic acids is 1. The second-order valence-electron chi connectivity index (χ2n) is 11.7. The van der Waals surface area contributed by atoms with E-state index in [0.29, 0.717) is 18.4 Å². The maximum atomic E-state index is 13.4. The van der Waals surface area contributed by atoms with Crippen molar-refractivity contribution in [2.45, 2.75) is 161 Å². The van der Waals surface area contributed by atoms with Crippen LogP contribution in [0.4, 0.5) is 0 Å². The van der Waals surface area contributed by atoms with Crippen LogP contribution in [-0.4, -0.2) is 71.1 Å². The number of carboxylic acids is 2. The van der Waals surface area contributed by atoms with Gasteiger partial charge in [0.25, 0.3) is 0 Å². The SMILES string of the molecule is CCCCCCCC(=O)N(CCCN(C)C)C(CCCCCCCCC(=O)O)CCCCCCCCC(=O)O. The monoisotopic (exact) mass is 554 g/mol. The third-order valence-electron chi connectivity index (χ3n) is 7.62. The van der Waals surface area contributed by atoms with Crippen molar-refractivity contribution in [2.24, 2.45) is 0 Å². The van der Waals surface area contributed by atoms with E-state index in [1.807, 2.05) is 0 Å². The standard InChI is InChI=1S/C32H62N2O5/c1-4-5-6-11-18-24-30(35)34(28-21-27-33(2)3)29(22-16-12-7-9-14-19-25-31(36)37)23-17-13-8-10-15-20-26-32(38)39/h29H,4-28H2,1-3H3,(H,36,37)(H,38,39). The molecule has 0 atom stereocenters. The van der Waals surface area contributed by atoms with Crippen LogP contribution in [0.25, 0.3) is 0 Å². The maximum Gasteiger partial charge on any atom is 0.303 e. The molecular weight excluding hydrogens is 492 g/mol. The van der Waals surface area contributed by atoms with Crippen LogP contribution in [0.2, 0.25) is 0 Å². The highest BCUT2D eigenvalue weighted by Gasteiger charge is 2.22. The van der Waals surface area contributed by atoms with Crippen molar-refractivity contribution in [1.29, 1.82) is 0 Å². The lowest BCUT2D eigenvalue weighted by atomic mass is 9.97. The van der Waals surface area contributed by atoms with Gasteiger partial charge in [-0.1, -0.05) is 96.8 Å². The Morgan fingerprint density at radius 3 is 1.38 bits per heavy atom. The Balaban J connectivity index is 4.87. The fourth-order valence-corrected chi connectivity index (χ4v) is 5.27. The average molecular weight is 555 g/mol. The first-order valence-corrected chi connectivity index (χ1v) is 16.2. The van der Waals surface area contributed by atoms with E-state index in [0.717, 1.165) is 122 Å². The highest BCUT2D eigenvalue weighted by molar-refractivity contribution is 5.76. The summed E-state index contributed by atoms with van der Waals surface area (Å²) in [6.07, 6.45) is 22.6. The molecule has 0 aliphatic carbocycles. The summed E-state index contributed by atoms with van der Waals surface area (Å²) in [6.45, 7) is 4.04. The van der Waals surface area contributed by atoms with E-state index >= 15 is 0 Å². The minimum Gasteiger partial charge on any atom is -0.481 e. The summed E-state index contributed by atoms with van der Waals surface area (Å²) in [6, 6.07) is 0.300. The quantitative estimate of drug-likeness (QED) is 0.0912. The van der Waals surface area contributed by atoms with Gasteiger partial charge in [-0.2, -0.15) is 0 Å². The number of nitrogens with zero attached hydrogens (tertiary/aromatic N) is 2. The molecule has 0 heterocycles. The van der Waals surface area contributed by atoms with Gasteiger partial charge < -0.3 is 20.0 Å². The van der Waals surface area contributed by atoms with Crippen LogP contribution >= 0.6 is 0 Å². The molecular formula is C32H62N2O5. The summed E-state index contributed by atoms with van der Waals surface area (Å²) in [4.78, 5) is 39.2. The van der Waals surface area contributed by atoms with E-state index in [1.54, 1.807) is 0 Å². The first-order chi connectivity index (χ1) is 18.8. The summed E-state index contributed by atoms with van der Waals surface area (Å²) >= 11 is 0. The van der Waals surface area contributed by atoms with Crippen molar-refractivity contribution in [2.75, 3.05) is 27.2 Å². The maximum absolute atomic E-state index is 13.4. The van der Waals surface area contributed by atoms with Crippen molar-refractivity contribution in [1.82, 2.24) is 9.80 Å². The van der Waals surface area contributed by atoms with Crippen LogP contribution in [0.1, 0.15) is 155 Å². The minimum atomic E-state index is -0.706. The van der Waals surface area contributed by atoms with Gasteiger partial charge in [-0.05, 0) is 59.2 Å². The van der Waals surface area contributed by atoms with E-state index in [1.165, 1.54) is 19.3 Å².